The summed E-state index contributed by atoms with van der Waals surface area (Å²) >= 11 is 0. The average molecular weight is 505 g/mol. The van der Waals surface area contributed by atoms with E-state index in [1.54, 1.807) is 0 Å². The third kappa shape index (κ3) is 5.69. The number of ether oxygens (including phenoxy) is 2. The summed E-state index contributed by atoms with van der Waals surface area (Å²) in [5.74, 6) is -4.78. The molecule has 4 rings (SSSR count). The van der Waals surface area contributed by atoms with Crippen molar-refractivity contribution in [3.05, 3.63) is 89.5 Å². The van der Waals surface area contributed by atoms with Crippen LogP contribution in [0.25, 0.3) is 11.1 Å². The van der Waals surface area contributed by atoms with Crippen LogP contribution in [0.15, 0.2) is 72.8 Å². The first-order valence-corrected chi connectivity index (χ1v) is 11.3. The highest BCUT2D eigenvalue weighted by Gasteiger charge is 2.30. The van der Waals surface area contributed by atoms with Crippen molar-refractivity contribution < 1.29 is 44.0 Å². The molecule has 1 atom stereocenters. The Hall–Kier alpha value is -4.86. The summed E-state index contributed by atoms with van der Waals surface area (Å²) in [6.45, 7) is 0.0343. The van der Waals surface area contributed by atoms with Crippen molar-refractivity contribution in [2.24, 2.45) is 0 Å². The van der Waals surface area contributed by atoms with Crippen LogP contribution >= 0.6 is 0 Å². The predicted molar refractivity (Wildman–Crippen MR) is 129 cm³/mol. The van der Waals surface area contributed by atoms with E-state index in [1.165, 1.54) is 24.3 Å². The molecule has 1 amide bonds. The zero-order chi connectivity index (χ0) is 26.5. The number of benzene rings is 3. The lowest BCUT2D eigenvalue weighted by Crippen LogP contribution is -2.42. The lowest BCUT2D eigenvalue weighted by atomic mass is 9.98. The van der Waals surface area contributed by atoms with E-state index in [9.17, 15) is 24.3 Å². The molecule has 0 radical (unpaired) electrons. The first-order chi connectivity index (χ1) is 17.7. The molecule has 3 aromatic rings. The highest BCUT2D eigenvalue weighted by molar-refractivity contribution is 5.96. The number of alkyl carbamates (subject to hydrolysis) is 1. The Balaban J connectivity index is 1.37. The van der Waals surface area contributed by atoms with E-state index in [0.717, 1.165) is 22.3 Å². The van der Waals surface area contributed by atoms with Crippen LogP contribution in [0.2, 0.25) is 0 Å². The molecule has 37 heavy (non-hydrogen) atoms. The number of hydrogen-bond acceptors (Lipinski definition) is 6. The van der Waals surface area contributed by atoms with Gasteiger partial charge in [-0.2, -0.15) is 0 Å². The maximum absolute atomic E-state index is 12.5. The molecular formula is C27H23NO9. The summed E-state index contributed by atoms with van der Waals surface area (Å²) in [7, 11) is 0. The lowest BCUT2D eigenvalue weighted by molar-refractivity contribution is -0.159. The summed E-state index contributed by atoms with van der Waals surface area (Å²) in [6, 6.07) is 19.9. The maximum Gasteiger partial charge on any atom is 0.407 e. The number of fused-ring (bicyclic) bond motifs is 3. The van der Waals surface area contributed by atoms with E-state index in [2.05, 4.69) is 5.32 Å². The van der Waals surface area contributed by atoms with Crippen molar-refractivity contribution in [3.8, 4) is 16.9 Å². The Morgan fingerprint density at radius 1 is 0.757 bits per heavy atom. The lowest BCUT2D eigenvalue weighted by Gasteiger charge is -2.18. The minimum absolute atomic E-state index is 0.0186. The fourth-order valence-corrected chi connectivity index (χ4v) is 4.26. The topological polar surface area (TPSA) is 159 Å². The predicted octanol–water partition coefficient (Wildman–Crippen LogP) is 3.14. The Labute approximate surface area is 211 Å². The molecular weight excluding hydrogens is 482 g/mol. The van der Waals surface area contributed by atoms with Gasteiger partial charge in [0.15, 0.2) is 0 Å². The monoisotopic (exact) mass is 505 g/mol. The van der Waals surface area contributed by atoms with Gasteiger partial charge in [-0.05, 0) is 39.9 Å². The first kappa shape index (κ1) is 25.2. The van der Waals surface area contributed by atoms with Crippen molar-refractivity contribution in [2.45, 2.75) is 24.5 Å². The second-order valence-corrected chi connectivity index (χ2v) is 8.38. The molecule has 10 heteroatoms. The van der Waals surface area contributed by atoms with Crippen LogP contribution in [0.3, 0.4) is 0 Å². The number of carboxylic acids is 3. The molecule has 0 aromatic heterocycles. The molecule has 0 unspecified atom stereocenters. The molecule has 4 N–H and O–H groups in total. The zero-order valence-corrected chi connectivity index (χ0v) is 19.4. The number of amides is 1. The molecule has 0 fully saturated rings. The van der Waals surface area contributed by atoms with Crippen LogP contribution in [-0.2, 0) is 25.5 Å². The van der Waals surface area contributed by atoms with Gasteiger partial charge >= 0.3 is 24.0 Å². The minimum Gasteiger partial charge on any atom is -0.480 e. The fourth-order valence-electron chi connectivity index (χ4n) is 4.26. The Bertz CT molecular complexity index is 1280. The summed E-state index contributed by atoms with van der Waals surface area (Å²) in [4.78, 5) is 46.2. The molecule has 0 saturated heterocycles. The zero-order valence-electron chi connectivity index (χ0n) is 19.4. The molecule has 10 nitrogen and oxygen atoms in total. The van der Waals surface area contributed by atoms with Gasteiger partial charge in [0.05, 0.1) is 0 Å². The van der Waals surface area contributed by atoms with E-state index in [1.807, 2.05) is 48.5 Å². The van der Waals surface area contributed by atoms with Crippen LogP contribution in [-0.4, -0.2) is 58.1 Å². The molecule has 0 heterocycles. The Kier molecular flexibility index (Phi) is 7.38. The van der Waals surface area contributed by atoms with Gasteiger partial charge < -0.3 is 30.1 Å². The number of carbonyl (C=O) groups excluding carboxylic acids is 1. The van der Waals surface area contributed by atoms with Gasteiger partial charge in [-0.3, -0.25) is 0 Å². The summed E-state index contributed by atoms with van der Waals surface area (Å²) in [5.41, 5.74) is 4.69. The summed E-state index contributed by atoms with van der Waals surface area (Å²) in [5, 5.41) is 29.8. The average Bonchev–Trinajstić information content (AvgIpc) is 3.19. The van der Waals surface area contributed by atoms with E-state index >= 15 is 0 Å². The molecule has 0 bridgehead atoms. The summed E-state index contributed by atoms with van der Waals surface area (Å²) < 4.78 is 10.4. The molecule has 0 aliphatic heterocycles. The Morgan fingerprint density at radius 2 is 1.30 bits per heavy atom. The smallest absolute Gasteiger partial charge is 0.407 e. The van der Waals surface area contributed by atoms with Crippen LogP contribution in [0, 0.1) is 0 Å². The molecule has 3 aromatic carbocycles. The van der Waals surface area contributed by atoms with Gasteiger partial charge in [0, 0.05) is 12.3 Å². The van der Waals surface area contributed by atoms with E-state index < -0.39 is 36.1 Å². The van der Waals surface area contributed by atoms with Gasteiger partial charge in [0.1, 0.15) is 18.4 Å². The fraction of sp³-hybridized carbons (Fsp3) is 0.185. The highest BCUT2D eigenvalue weighted by Crippen LogP contribution is 2.44. The van der Waals surface area contributed by atoms with Gasteiger partial charge in [-0.15, -0.1) is 0 Å². The van der Waals surface area contributed by atoms with Crippen molar-refractivity contribution in [2.75, 3.05) is 6.61 Å². The molecule has 190 valence electrons. The van der Waals surface area contributed by atoms with Gasteiger partial charge in [-0.25, -0.2) is 19.2 Å². The van der Waals surface area contributed by atoms with Gasteiger partial charge in [0.25, 0.3) is 6.10 Å². The SMILES string of the molecule is O=C(N[C@@H](Cc1ccc(OC(C(=O)O)C(=O)O)cc1)C(=O)O)OCC1c2ccccc2-c2ccccc21. The molecule has 0 saturated carbocycles. The molecule has 1 aliphatic carbocycles. The van der Waals surface area contributed by atoms with Crippen molar-refractivity contribution >= 4 is 24.0 Å². The van der Waals surface area contributed by atoms with Gasteiger partial charge in [-0.1, -0.05) is 60.7 Å². The van der Waals surface area contributed by atoms with Crippen molar-refractivity contribution in [1.29, 1.82) is 0 Å². The number of carboxylic acid groups (broad SMARTS) is 3. The number of hydrogen-bond donors (Lipinski definition) is 4. The van der Waals surface area contributed by atoms with Crippen molar-refractivity contribution in [1.82, 2.24) is 5.32 Å². The second kappa shape index (κ2) is 10.8. The maximum atomic E-state index is 12.5. The van der Waals surface area contributed by atoms with Crippen molar-refractivity contribution in [3.63, 3.8) is 0 Å². The first-order valence-electron chi connectivity index (χ1n) is 11.3. The second-order valence-electron chi connectivity index (χ2n) is 8.38. The molecule has 0 spiro atoms. The normalized spacial score (nSPS) is 12.8. The van der Waals surface area contributed by atoms with Crippen LogP contribution in [0.1, 0.15) is 22.6 Å². The quantitative estimate of drug-likeness (QED) is 0.304. The largest absolute Gasteiger partial charge is 0.480 e. The number of nitrogens with one attached hydrogen (secondary N) is 1. The van der Waals surface area contributed by atoms with Gasteiger partial charge in [0.2, 0.25) is 0 Å². The van der Waals surface area contributed by atoms with E-state index in [-0.39, 0.29) is 24.7 Å². The number of aliphatic carboxylic acids is 3. The Morgan fingerprint density at radius 3 is 1.81 bits per heavy atom. The third-order valence-corrected chi connectivity index (χ3v) is 6.00. The van der Waals surface area contributed by atoms with Crippen LogP contribution in [0.5, 0.6) is 5.75 Å². The van der Waals surface area contributed by atoms with Crippen LogP contribution in [0.4, 0.5) is 4.79 Å². The van der Waals surface area contributed by atoms with E-state index in [0.29, 0.717) is 5.56 Å². The third-order valence-electron chi connectivity index (χ3n) is 6.00. The number of carbonyl (C=O) groups is 4. The van der Waals surface area contributed by atoms with E-state index in [4.69, 9.17) is 19.7 Å². The highest BCUT2D eigenvalue weighted by atomic mass is 16.6. The minimum atomic E-state index is -2.08. The molecule has 1 aliphatic rings. The summed E-state index contributed by atoms with van der Waals surface area (Å²) in [6.07, 6.45) is -3.05. The number of rotatable bonds is 10. The standard InChI is InChI=1S/C27H23NO9/c29-24(30)22(13-15-9-11-16(12-10-15)37-23(25(31)32)26(33)34)28-27(35)36-14-21-19-7-3-1-5-17(19)18-6-2-4-8-20(18)21/h1-12,21-23H,13-14H2,(H,28,35)(H,29,30)(H,31,32)(H,33,34)/t22-/m0/s1. The van der Waals surface area contributed by atoms with Crippen LogP contribution < -0.4 is 10.1 Å².